The summed E-state index contributed by atoms with van der Waals surface area (Å²) in [6, 6.07) is 10.9. The molecule has 2 rings (SSSR count). The van der Waals surface area contributed by atoms with Crippen molar-refractivity contribution in [3.05, 3.63) is 50.6 Å². The lowest BCUT2D eigenvalue weighted by Gasteiger charge is -2.12. The fourth-order valence-corrected chi connectivity index (χ4v) is 3.80. The number of halogens is 1. The van der Waals surface area contributed by atoms with E-state index in [1.54, 1.807) is 23.5 Å². The van der Waals surface area contributed by atoms with Gasteiger partial charge in [0.1, 0.15) is 0 Å². The van der Waals surface area contributed by atoms with E-state index >= 15 is 0 Å². The van der Waals surface area contributed by atoms with Crippen LogP contribution in [0.5, 0.6) is 0 Å². The summed E-state index contributed by atoms with van der Waals surface area (Å²) in [6.45, 7) is 2.65. The monoisotopic (exact) mass is 374 g/mol. The number of nitrogens with one attached hydrogen (secondary N) is 1. The van der Waals surface area contributed by atoms with Gasteiger partial charge in [-0.15, -0.1) is 11.3 Å². The molecule has 108 valence electrons. The van der Waals surface area contributed by atoms with Gasteiger partial charge in [-0.1, -0.05) is 12.1 Å². The fraction of sp³-hybridized carbons (Fsp3) is 0.231. The second kappa shape index (κ2) is 6.36. The van der Waals surface area contributed by atoms with Gasteiger partial charge >= 0.3 is 0 Å². The summed E-state index contributed by atoms with van der Waals surface area (Å²) in [5, 5.41) is 8.48. The molecule has 0 radical (unpaired) electrons. The maximum absolute atomic E-state index is 11.3. The van der Waals surface area contributed by atoms with Gasteiger partial charge in [0, 0.05) is 17.5 Å². The second-order valence-corrected chi connectivity index (χ2v) is 8.49. The van der Waals surface area contributed by atoms with E-state index in [9.17, 15) is 8.42 Å². The Morgan fingerprint density at radius 2 is 2.10 bits per heavy atom. The summed E-state index contributed by atoms with van der Waals surface area (Å²) in [4.78, 5) is 1.36. The molecule has 4 nitrogen and oxygen atoms in total. The lowest BCUT2D eigenvalue weighted by molar-refractivity contribution is 0.581. The number of nitrogens with two attached hydrogens (primary N) is 1. The quantitative estimate of drug-likeness (QED) is 0.844. The van der Waals surface area contributed by atoms with Crippen LogP contribution in [0.25, 0.3) is 0 Å². The average Bonchev–Trinajstić information content (AvgIpc) is 2.82. The minimum Gasteiger partial charge on any atom is -0.305 e. The van der Waals surface area contributed by atoms with Gasteiger partial charge in [0.15, 0.2) is 0 Å². The van der Waals surface area contributed by atoms with Crippen LogP contribution >= 0.6 is 27.3 Å². The molecule has 1 atom stereocenters. The van der Waals surface area contributed by atoms with Crippen LogP contribution in [0.4, 0.5) is 0 Å². The summed E-state index contributed by atoms with van der Waals surface area (Å²) in [5.41, 5.74) is 0.888. The third-order valence-corrected chi connectivity index (χ3v) is 5.58. The van der Waals surface area contributed by atoms with Gasteiger partial charge in [0.2, 0.25) is 10.0 Å². The maximum Gasteiger partial charge on any atom is 0.238 e. The van der Waals surface area contributed by atoms with E-state index in [0.29, 0.717) is 6.54 Å². The van der Waals surface area contributed by atoms with Crippen LogP contribution in [0.3, 0.4) is 0 Å². The second-order valence-electron chi connectivity index (χ2n) is 4.44. The number of thiophene rings is 1. The van der Waals surface area contributed by atoms with Crippen LogP contribution in [0, 0.1) is 0 Å². The molecule has 0 saturated heterocycles. The first-order valence-electron chi connectivity index (χ1n) is 5.96. The number of hydrogen-bond donors (Lipinski definition) is 2. The summed E-state index contributed by atoms with van der Waals surface area (Å²) >= 11 is 5.11. The van der Waals surface area contributed by atoms with E-state index in [2.05, 4.69) is 34.2 Å². The molecule has 0 bridgehead atoms. The summed E-state index contributed by atoms with van der Waals surface area (Å²) in [5.74, 6) is 0. The van der Waals surface area contributed by atoms with Crippen LogP contribution in [-0.2, 0) is 16.6 Å². The van der Waals surface area contributed by atoms with Gasteiger partial charge < -0.3 is 5.32 Å². The summed E-state index contributed by atoms with van der Waals surface area (Å²) < 4.78 is 23.7. The van der Waals surface area contributed by atoms with Crippen LogP contribution in [0.2, 0.25) is 0 Å². The van der Waals surface area contributed by atoms with Gasteiger partial charge in [-0.3, -0.25) is 0 Å². The normalized spacial score (nSPS) is 13.3. The highest BCUT2D eigenvalue weighted by atomic mass is 79.9. The predicted molar refractivity (Wildman–Crippen MR) is 85.1 cm³/mol. The summed E-state index contributed by atoms with van der Waals surface area (Å²) in [7, 11) is -3.64. The van der Waals surface area contributed by atoms with Crippen molar-refractivity contribution in [3.63, 3.8) is 0 Å². The lowest BCUT2D eigenvalue weighted by Crippen LogP contribution is -2.18. The minimum atomic E-state index is -3.64. The van der Waals surface area contributed by atoms with Crippen molar-refractivity contribution in [2.24, 2.45) is 5.14 Å². The molecule has 20 heavy (non-hydrogen) atoms. The molecular weight excluding hydrogens is 360 g/mol. The van der Waals surface area contributed by atoms with E-state index in [-0.39, 0.29) is 10.9 Å². The molecule has 0 aliphatic carbocycles. The first-order valence-corrected chi connectivity index (χ1v) is 9.12. The number of rotatable bonds is 5. The molecule has 0 spiro atoms. The zero-order valence-electron chi connectivity index (χ0n) is 10.8. The lowest BCUT2D eigenvalue weighted by atomic mass is 10.2. The van der Waals surface area contributed by atoms with Crippen molar-refractivity contribution in [2.45, 2.75) is 24.4 Å². The van der Waals surface area contributed by atoms with Crippen molar-refractivity contribution in [1.29, 1.82) is 0 Å². The molecular formula is C13H15BrN2O2S2. The zero-order chi connectivity index (χ0) is 14.8. The molecule has 7 heteroatoms. The van der Waals surface area contributed by atoms with Gasteiger partial charge in [-0.05, 0) is 52.7 Å². The van der Waals surface area contributed by atoms with Crippen LogP contribution in [-0.4, -0.2) is 8.42 Å². The predicted octanol–water partition coefficient (Wildman–Crippen LogP) is 3.01. The van der Waals surface area contributed by atoms with Crippen molar-refractivity contribution in [2.75, 3.05) is 0 Å². The standard InChI is InChI=1S/C13H15BrN2O2S2/c1-9(12-5-6-13(14)19-12)16-8-10-3-2-4-11(7-10)20(15,17)18/h2-7,9,16H,8H2,1H3,(H2,15,17,18). The molecule has 0 fully saturated rings. The molecule has 3 N–H and O–H groups in total. The third kappa shape index (κ3) is 4.13. The van der Waals surface area contributed by atoms with Crippen molar-refractivity contribution < 1.29 is 8.42 Å². The maximum atomic E-state index is 11.3. The molecule has 1 aromatic heterocycles. The highest BCUT2D eigenvalue weighted by Crippen LogP contribution is 2.27. The number of sulfonamides is 1. The number of primary sulfonamides is 1. The zero-order valence-corrected chi connectivity index (χ0v) is 14.1. The highest BCUT2D eigenvalue weighted by molar-refractivity contribution is 9.11. The summed E-state index contributed by atoms with van der Waals surface area (Å²) in [6.07, 6.45) is 0. The van der Waals surface area contributed by atoms with Gasteiger partial charge in [0.05, 0.1) is 8.68 Å². The molecule has 1 unspecified atom stereocenters. The molecule has 2 aromatic rings. The Bertz CT molecular complexity index is 698. The van der Waals surface area contributed by atoms with Crippen molar-refractivity contribution >= 4 is 37.3 Å². The number of hydrogen-bond acceptors (Lipinski definition) is 4. The Balaban J connectivity index is 2.04. The van der Waals surface area contributed by atoms with Crippen molar-refractivity contribution in [1.82, 2.24) is 5.32 Å². The largest absolute Gasteiger partial charge is 0.305 e. The van der Waals surface area contributed by atoms with Crippen molar-refractivity contribution in [3.8, 4) is 0 Å². The molecule has 0 aliphatic heterocycles. The first kappa shape index (κ1) is 15.7. The third-order valence-electron chi connectivity index (χ3n) is 2.86. The van der Waals surface area contributed by atoms with E-state index in [4.69, 9.17) is 5.14 Å². The van der Waals surface area contributed by atoms with Gasteiger partial charge in [0.25, 0.3) is 0 Å². The molecule has 0 aliphatic rings. The van der Waals surface area contributed by atoms with E-state index in [1.807, 2.05) is 12.1 Å². The highest BCUT2D eigenvalue weighted by Gasteiger charge is 2.10. The SMILES string of the molecule is CC(NCc1cccc(S(N)(=O)=O)c1)c1ccc(Br)s1. The van der Waals surface area contributed by atoms with Crippen LogP contribution in [0.1, 0.15) is 23.4 Å². The smallest absolute Gasteiger partial charge is 0.238 e. The van der Waals surface area contributed by atoms with Gasteiger partial charge in [-0.25, -0.2) is 13.6 Å². The Hall–Kier alpha value is -0.730. The number of benzene rings is 1. The van der Waals surface area contributed by atoms with E-state index in [1.165, 1.54) is 10.9 Å². The molecule has 0 saturated carbocycles. The average molecular weight is 375 g/mol. The minimum absolute atomic E-state index is 0.142. The Labute approximate surface area is 131 Å². The molecule has 0 amide bonds. The fourth-order valence-electron chi connectivity index (χ4n) is 1.76. The van der Waals surface area contributed by atoms with E-state index in [0.717, 1.165) is 9.35 Å². The Morgan fingerprint density at radius 1 is 1.35 bits per heavy atom. The molecule has 1 aromatic carbocycles. The van der Waals surface area contributed by atoms with E-state index < -0.39 is 10.0 Å². The Morgan fingerprint density at radius 3 is 2.70 bits per heavy atom. The topological polar surface area (TPSA) is 72.2 Å². The molecule has 1 heterocycles. The first-order chi connectivity index (χ1) is 9.36. The Kier molecular flexibility index (Phi) is 4.98. The van der Waals surface area contributed by atoms with Crippen LogP contribution in [0.15, 0.2) is 45.1 Å². The van der Waals surface area contributed by atoms with Gasteiger partial charge in [-0.2, -0.15) is 0 Å². The van der Waals surface area contributed by atoms with Crippen LogP contribution < -0.4 is 10.5 Å².